The number of nitrogens with zero attached hydrogens (tertiary/aromatic N) is 2. The van der Waals surface area contributed by atoms with Crippen molar-refractivity contribution in [1.29, 1.82) is 0 Å². The molecular formula is C27H34N2O4. The Balaban J connectivity index is 1.60. The van der Waals surface area contributed by atoms with Crippen LogP contribution >= 0.6 is 0 Å². The number of carbonyl (C=O) groups is 2. The molecule has 6 nitrogen and oxygen atoms in total. The molecule has 0 aliphatic carbocycles. The Labute approximate surface area is 196 Å². The highest BCUT2D eigenvalue weighted by atomic mass is 16.5. The molecule has 1 heterocycles. The van der Waals surface area contributed by atoms with Crippen LogP contribution in [0, 0.1) is 0 Å². The van der Waals surface area contributed by atoms with Crippen LogP contribution < -0.4 is 4.74 Å². The van der Waals surface area contributed by atoms with Gasteiger partial charge in [-0.25, -0.2) is 4.79 Å². The van der Waals surface area contributed by atoms with Gasteiger partial charge in [-0.15, -0.1) is 0 Å². The summed E-state index contributed by atoms with van der Waals surface area (Å²) in [5.41, 5.74) is 2.20. The first-order chi connectivity index (χ1) is 15.8. The van der Waals surface area contributed by atoms with Crippen LogP contribution in [-0.2, 0) is 16.0 Å². The molecule has 0 spiro atoms. The third-order valence-electron chi connectivity index (χ3n) is 5.89. The Bertz CT molecular complexity index is 954. The molecule has 0 aromatic heterocycles. The summed E-state index contributed by atoms with van der Waals surface area (Å²) in [7, 11) is 0. The highest BCUT2D eigenvalue weighted by Crippen LogP contribution is 2.29. The lowest BCUT2D eigenvalue weighted by atomic mass is 10.1. The second kappa shape index (κ2) is 11.0. The summed E-state index contributed by atoms with van der Waals surface area (Å²) >= 11 is 0. The lowest BCUT2D eigenvalue weighted by Crippen LogP contribution is -2.37. The van der Waals surface area contributed by atoms with Gasteiger partial charge in [0.2, 0.25) is 0 Å². The minimum Gasteiger partial charge on any atom is -0.478 e. The summed E-state index contributed by atoms with van der Waals surface area (Å²) in [4.78, 5) is 27.6. The van der Waals surface area contributed by atoms with Crippen molar-refractivity contribution < 1.29 is 19.4 Å². The average Bonchev–Trinajstić information content (AvgIpc) is 3.18. The minimum atomic E-state index is -1.26. The van der Waals surface area contributed by atoms with Crippen molar-refractivity contribution in [3.05, 3.63) is 77.6 Å². The van der Waals surface area contributed by atoms with Gasteiger partial charge in [-0.3, -0.25) is 0 Å². The van der Waals surface area contributed by atoms with Gasteiger partial charge in [0.05, 0.1) is 6.67 Å². The van der Waals surface area contributed by atoms with Crippen LogP contribution in [0.3, 0.4) is 0 Å². The molecule has 2 aromatic carbocycles. The first-order valence-corrected chi connectivity index (χ1v) is 11.6. The molecule has 1 N–H and O–H groups in total. The van der Waals surface area contributed by atoms with Crippen LogP contribution in [-0.4, -0.2) is 46.0 Å². The molecule has 0 amide bonds. The zero-order valence-corrected chi connectivity index (χ0v) is 19.7. The molecule has 0 fully saturated rings. The molecule has 0 bridgehead atoms. The summed E-state index contributed by atoms with van der Waals surface area (Å²) in [6, 6.07) is 17.3. The number of carbonyl (C=O) groups excluding carboxylic acids is 1. The second-order valence-electron chi connectivity index (χ2n) is 8.95. The van der Waals surface area contributed by atoms with Crippen molar-refractivity contribution in [2.24, 2.45) is 0 Å². The summed E-state index contributed by atoms with van der Waals surface area (Å²) < 4.78 is 5.58. The zero-order chi connectivity index (χ0) is 23.8. The van der Waals surface area contributed by atoms with Crippen molar-refractivity contribution in [2.45, 2.75) is 58.1 Å². The smallest absolute Gasteiger partial charge is 0.347 e. The van der Waals surface area contributed by atoms with E-state index in [2.05, 4.69) is 22.9 Å². The number of aryl methyl sites for hydroxylation is 1. The monoisotopic (exact) mass is 450 g/mol. The first-order valence-electron chi connectivity index (χ1n) is 11.6. The quantitative estimate of drug-likeness (QED) is 0.458. The molecule has 1 unspecified atom stereocenters. The summed E-state index contributed by atoms with van der Waals surface area (Å²) in [6.45, 7) is 6.94. The molecule has 0 saturated heterocycles. The highest BCUT2D eigenvalue weighted by Gasteiger charge is 2.29. The van der Waals surface area contributed by atoms with Gasteiger partial charge in [0.1, 0.15) is 18.1 Å². The van der Waals surface area contributed by atoms with Gasteiger partial charge in [-0.2, -0.15) is 0 Å². The topological polar surface area (TPSA) is 70.1 Å². The maximum absolute atomic E-state index is 11.9. The molecule has 1 aliphatic rings. The van der Waals surface area contributed by atoms with Crippen molar-refractivity contribution >= 4 is 12.3 Å². The van der Waals surface area contributed by atoms with Gasteiger partial charge < -0.3 is 24.4 Å². The van der Waals surface area contributed by atoms with Gasteiger partial charge in [0.25, 0.3) is 0 Å². The number of carboxylic acids is 1. The van der Waals surface area contributed by atoms with Crippen LogP contribution in [0.5, 0.6) is 5.75 Å². The molecule has 1 aliphatic heterocycles. The Morgan fingerprint density at radius 2 is 1.82 bits per heavy atom. The van der Waals surface area contributed by atoms with Gasteiger partial charge in [-0.1, -0.05) is 49.4 Å². The molecule has 3 rings (SSSR count). The van der Waals surface area contributed by atoms with Gasteiger partial charge in [0.15, 0.2) is 5.60 Å². The summed E-state index contributed by atoms with van der Waals surface area (Å²) in [6.07, 6.45) is 7.05. The van der Waals surface area contributed by atoms with Crippen LogP contribution in [0.25, 0.3) is 0 Å². The highest BCUT2D eigenvalue weighted by molar-refractivity contribution is 5.76. The largest absolute Gasteiger partial charge is 0.478 e. The number of hydrogen-bond donors (Lipinski definition) is 1. The molecule has 1 atom stereocenters. The van der Waals surface area contributed by atoms with E-state index >= 15 is 0 Å². The minimum absolute atomic E-state index is 0.273. The molecule has 6 heteroatoms. The molecule has 0 saturated carbocycles. The lowest BCUT2D eigenvalue weighted by molar-refractivity contribution is -0.152. The summed E-state index contributed by atoms with van der Waals surface area (Å²) in [5, 5.41) is 9.21. The fraction of sp³-hybridized carbons (Fsp3) is 0.407. The maximum Gasteiger partial charge on any atom is 0.347 e. The van der Waals surface area contributed by atoms with E-state index in [1.54, 1.807) is 0 Å². The van der Waals surface area contributed by atoms with E-state index < -0.39 is 11.6 Å². The van der Waals surface area contributed by atoms with Gasteiger partial charge >= 0.3 is 5.97 Å². The Hall–Kier alpha value is -3.28. The van der Waals surface area contributed by atoms with Gasteiger partial charge in [-0.05, 0) is 62.8 Å². The Morgan fingerprint density at radius 3 is 2.42 bits per heavy atom. The molecule has 176 valence electrons. The van der Waals surface area contributed by atoms with E-state index in [-0.39, 0.29) is 6.04 Å². The van der Waals surface area contributed by atoms with Crippen LogP contribution in [0.15, 0.2) is 66.5 Å². The number of aliphatic carboxylic acids is 1. The zero-order valence-electron chi connectivity index (χ0n) is 19.7. The predicted octanol–water partition coefficient (Wildman–Crippen LogP) is 5.02. The Kier molecular flexibility index (Phi) is 8.15. The number of hydrogen-bond acceptors (Lipinski definition) is 5. The predicted molar refractivity (Wildman–Crippen MR) is 129 cm³/mol. The van der Waals surface area contributed by atoms with Gasteiger partial charge in [0, 0.05) is 18.4 Å². The van der Waals surface area contributed by atoms with E-state index in [4.69, 9.17) is 4.74 Å². The van der Waals surface area contributed by atoms with Crippen molar-refractivity contribution in [3.63, 3.8) is 0 Å². The fourth-order valence-corrected chi connectivity index (χ4v) is 4.01. The van der Waals surface area contributed by atoms with E-state index in [1.165, 1.54) is 25.1 Å². The Morgan fingerprint density at radius 1 is 1.12 bits per heavy atom. The number of ether oxygens (including phenoxy) is 1. The second-order valence-corrected chi connectivity index (χ2v) is 8.95. The van der Waals surface area contributed by atoms with Crippen molar-refractivity contribution in [3.8, 4) is 5.75 Å². The fourth-order valence-electron chi connectivity index (χ4n) is 4.01. The van der Waals surface area contributed by atoms with E-state index in [9.17, 15) is 14.7 Å². The number of allylic oxidation sites excluding steroid dienone is 1. The van der Waals surface area contributed by atoms with Crippen molar-refractivity contribution in [2.75, 3.05) is 13.2 Å². The normalized spacial score (nSPS) is 14.7. The molecular weight excluding hydrogens is 416 g/mol. The average molecular weight is 451 g/mol. The molecule has 33 heavy (non-hydrogen) atoms. The van der Waals surface area contributed by atoms with E-state index in [0.717, 1.165) is 50.7 Å². The van der Waals surface area contributed by atoms with E-state index in [1.807, 2.05) is 54.6 Å². The number of benzene rings is 2. The van der Waals surface area contributed by atoms with Crippen LogP contribution in [0.2, 0.25) is 0 Å². The standard InChI is InChI=1S/C27H34N2O4/c1-4-17-28-20-29(25(19-30)22-10-6-5-7-11-22)18-23(28)12-8-9-21-13-15-24(16-14-21)33-27(2,3)26(31)32/h5-7,10-11,13-16,18-19,25H,4,8-9,12,17,20H2,1-3H3,(H,31,32). The van der Waals surface area contributed by atoms with Crippen molar-refractivity contribution in [1.82, 2.24) is 9.80 Å². The molecule has 2 aromatic rings. The number of rotatable bonds is 12. The number of aldehydes is 1. The first kappa shape index (κ1) is 24.4. The number of carboxylic acid groups (broad SMARTS) is 1. The summed E-state index contributed by atoms with van der Waals surface area (Å²) in [5.74, 6) is -0.443. The van der Waals surface area contributed by atoms with Crippen LogP contribution in [0.1, 0.15) is 57.2 Å². The van der Waals surface area contributed by atoms with Crippen LogP contribution in [0.4, 0.5) is 0 Å². The molecule has 0 radical (unpaired) electrons. The van der Waals surface area contributed by atoms with E-state index in [0.29, 0.717) is 5.75 Å². The third-order valence-corrected chi connectivity index (χ3v) is 5.89. The third kappa shape index (κ3) is 6.37. The SMILES string of the molecule is CCCN1CN(C(C=O)c2ccccc2)C=C1CCCc1ccc(OC(C)(C)C(=O)O)cc1. The maximum atomic E-state index is 11.9. The lowest BCUT2D eigenvalue weighted by Gasteiger charge is -2.27.